The van der Waals surface area contributed by atoms with Gasteiger partial charge in [0.25, 0.3) is 5.91 Å². The minimum absolute atomic E-state index is 0.0447. The van der Waals surface area contributed by atoms with Crippen LogP contribution in [-0.4, -0.2) is 33.9 Å². The minimum atomic E-state index is -0.0447. The van der Waals surface area contributed by atoms with Crippen molar-refractivity contribution in [1.82, 2.24) is 20.3 Å². The number of carbonyl (C=O) groups is 1. The molecule has 0 saturated heterocycles. The van der Waals surface area contributed by atoms with Crippen LogP contribution in [0, 0.1) is 6.92 Å². The van der Waals surface area contributed by atoms with Crippen molar-refractivity contribution in [2.24, 2.45) is 0 Å². The van der Waals surface area contributed by atoms with Crippen molar-refractivity contribution in [3.8, 4) is 11.3 Å². The molecule has 4 rings (SSSR count). The normalized spacial score (nSPS) is 15.6. The molecule has 0 saturated carbocycles. The number of aromatic amines is 1. The first-order valence-electron chi connectivity index (χ1n) is 9.87. The van der Waals surface area contributed by atoms with Crippen LogP contribution in [0.25, 0.3) is 22.3 Å². The Kier molecular flexibility index (Phi) is 5.16. The van der Waals surface area contributed by atoms with Gasteiger partial charge in [0.2, 0.25) is 0 Å². The standard InChI is InChI=1S/C23H25N5O/c1-4-6-11-24-22-14(3)26-18-10-7-9-16(21(18)28-22)19-12-17-20(27-19)15(8-5-2)13-25-23(17)29/h4-5,7,9-10,12,15,27H,1-2,6,8,11,13H2,3H3,(H,24,28)(H,25,29). The van der Waals surface area contributed by atoms with Crippen LogP contribution in [0.5, 0.6) is 0 Å². The largest absolute Gasteiger partial charge is 0.368 e. The van der Waals surface area contributed by atoms with Gasteiger partial charge in [-0.1, -0.05) is 24.3 Å². The van der Waals surface area contributed by atoms with Gasteiger partial charge in [-0.25, -0.2) is 9.97 Å². The molecule has 1 atom stereocenters. The Morgan fingerprint density at radius 2 is 2.10 bits per heavy atom. The maximum atomic E-state index is 12.4. The number of anilines is 1. The van der Waals surface area contributed by atoms with E-state index in [0.29, 0.717) is 12.1 Å². The fraction of sp³-hybridized carbons (Fsp3) is 0.261. The number of amides is 1. The maximum Gasteiger partial charge on any atom is 0.253 e. The van der Waals surface area contributed by atoms with Gasteiger partial charge in [0, 0.05) is 36.0 Å². The van der Waals surface area contributed by atoms with E-state index in [1.165, 1.54) is 0 Å². The third-order valence-corrected chi connectivity index (χ3v) is 5.26. The van der Waals surface area contributed by atoms with Gasteiger partial charge in [0.15, 0.2) is 0 Å². The van der Waals surface area contributed by atoms with Gasteiger partial charge in [-0.05, 0) is 31.9 Å². The lowest BCUT2D eigenvalue weighted by Gasteiger charge is -2.21. The van der Waals surface area contributed by atoms with E-state index in [-0.39, 0.29) is 11.8 Å². The molecule has 1 aromatic carbocycles. The van der Waals surface area contributed by atoms with E-state index in [0.717, 1.165) is 58.9 Å². The zero-order chi connectivity index (χ0) is 20.4. The molecular weight excluding hydrogens is 362 g/mol. The third kappa shape index (κ3) is 3.53. The van der Waals surface area contributed by atoms with Crippen molar-refractivity contribution in [2.45, 2.75) is 25.7 Å². The number of aryl methyl sites for hydroxylation is 1. The van der Waals surface area contributed by atoms with Gasteiger partial charge in [0.05, 0.1) is 16.8 Å². The molecular formula is C23H25N5O. The lowest BCUT2D eigenvalue weighted by Crippen LogP contribution is -2.34. The van der Waals surface area contributed by atoms with Crippen molar-refractivity contribution >= 4 is 22.8 Å². The first kappa shape index (κ1) is 18.9. The van der Waals surface area contributed by atoms with E-state index in [1.54, 1.807) is 0 Å². The van der Waals surface area contributed by atoms with E-state index >= 15 is 0 Å². The van der Waals surface area contributed by atoms with E-state index in [1.807, 2.05) is 43.3 Å². The van der Waals surface area contributed by atoms with E-state index in [4.69, 9.17) is 9.97 Å². The lowest BCUT2D eigenvalue weighted by atomic mass is 9.94. The van der Waals surface area contributed by atoms with Crippen LogP contribution in [0.1, 0.15) is 40.5 Å². The van der Waals surface area contributed by atoms with E-state index in [9.17, 15) is 4.79 Å². The highest BCUT2D eigenvalue weighted by atomic mass is 16.1. The molecule has 148 valence electrons. The van der Waals surface area contributed by atoms with E-state index in [2.05, 4.69) is 28.8 Å². The van der Waals surface area contributed by atoms with Gasteiger partial charge < -0.3 is 15.6 Å². The highest BCUT2D eigenvalue weighted by molar-refractivity contribution is 6.00. The van der Waals surface area contributed by atoms with Crippen LogP contribution in [-0.2, 0) is 0 Å². The van der Waals surface area contributed by atoms with Gasteiger partial charge in [-0.3, -0.25) is 4.79 Å². The molecule has 29 heavy (non-hydrogen) atoms. The number of carbonyl (C=O) groups excluding carboxylic acids is 1. The second-order valence-electron chi connectivity index (χ2n) is 7.28. The number of allylic oxidation sites excluding steroid dienone is 1. The molecule has 1 unspecified atom stereocenters. The van der Waals surface area contributed by atoms with Crippen LogP contribution in [0.2, 0.25) is 0 Å². The van der Waals surface area contributed by atoms with Gasteiger partial charge in [-0.15, -0.1) is 13.2 Å². The number of aromatic nitrogens is 3. The number of benzene rings is 1. The summed E-state index contributed by atoms with van der Waals surface area (Å²) >= 11 is 0. The number of nitrogens with one attached hydrogen (secondary N) is 3. The van der Waals surface area contributed by atoms with Crippen molar-refractivity contribution in [3.05, 3.63) is 66.5 Å². The fourth-order valence-electron chi connectivity index (χ4n) is 3.78. The van der Waals surface area contributed by atoms with Crippen LogP contribution >= 0.6 is 0 Å². The number of para-hydroxylation sites is 1. The summed E-state index contributed by atoms with van der Waals surface area (Å²) in [6.07, 6.45) is 5.42. The Labute approximate surface area is 170 Å². The summed E-state index contributed by atoms with van der Waals surface area (Å²) in [5.41, 5.74) is 5.95. The summed E-state index contributed by atoms with van der Waals surface area (Å²) < 4.78 is 0. The smallest absolute Gasteiger partial charge is 0.253 e. The third-order valence-electron chi connectivity index (χ3n) is 5.26. The monoisotopic (exact) mass is 387 g/mol. The number of rotatable bonds is 7. The highest BCUT2D eigenvalue weighted by Crippen LogP contribution is 2.33. The first-order chi connectivity index (χ1) is 14.1. The highest BCUT2D eigenvalue weighted by Gasteiger charge is 2.27. The fourth-order valence-corrected chi connectivity index (χ4v) is 3.78. The number of hydrogen-bond acceptors (Lipinski definition) is 4. The second kappa shape index (κ2) is 7.91. The molecule has 0 spiro atoms. The first-order valence-corrected chi connectivity index (χ1v) is 9.87. The van der Waals surface area contributed by atoms with Crippen LogP contribution in [0.4, 0.5) is 5.82 Å². The maximum absolute atomic E-state index is 12.4. The number of fused-ring (bicyclic) bond motifs is 2. The number of nitrogens with zero attached hydrogens (tertiary/aromatic N) is 2. The van der Waals surface area contributed by atoms with Gasteiger partial charge >= 0.3 is 0 Å². The Morgan fingerprint density at radius 3 is 2.90 bits per heavy atom. The average molecular weight is 387 g/mol. The summed E-state index contributed by atoms with van der Waals surface area (Å²) in [5, 5.41) is 6.30. The quantitative estimate of drug-likeness (QED) is 0.416. The molecule has 1 aliphatic heterocycles. The second-order valence-corrected chi connectivity index (χ2v) is 7.28. The Hall–Kier alpha value is -3.41. The molecule has 0 fully saturated rings. The zero-order valence-corrected chi connectivity index (χ0v) is 16.6. The molecule has 3 heterocycles. The predicted molar refractivity (Wildman–Crippen MR) is 117 cm³/mol. The average Bonchev–Trinajstić information content (AvgIpc) is 3.17. The summed E-state index contributed by atoms with van der Waals surface area (Å²) in [7, 11) is 0. The van der Waals surface area contributed by atoms with Crippen LogP contribution in [0.15, 0.2) is 49.6 Å². The molecule has 3 N–H and O–H groups in total. The Morgan fingerprint density at radius 1 is 1.24 bits per heavy atom. The minimum Gasteiger partial charge on any atom is -0.368 e. The van der Waals surface area contributed by atoms with Crippen molar-refractivity contribution in [2.75, 3.05) is 18.4 Å². The summed E-state index contributed by atoms with van der Waals surface area (Å²) in [6, 6.07) is 7.86. The summed E-state index contributed by atoms with van der Waals surface area (Å²) in [5.74, 6) is 0.926. The molecule has 0 aliphatic carbocycles. The van der Waals surface area contributed by atoms with Crippen LogP contribution < -0.4 is 10.6 Å². The molecule has 1 aliphatic rings. The molecule has 2 aromatic heterocycles. The van der Waals surface area contributed by atoms with Gasteiger partial charge in [0.1, 0.15) is 11.3 Å². The Balaban J connectivity index is 1.81. The molecule has 6 nitrogen and oxygen atoms in total. The SMILES string of the molecule is C=CCCNc1nc2c(-c3cc4c([nH]3)C(CC=C)CNC4=O)cccc2nc1C. The molecule has 1 amide bonds. The molecule has 0 bridgehead atoms. The van der Waals surface area contributed by atoms with Crippen molar-refractivity contribution in [1.29, 1.82) is 0 Å². The van der Waals surface area contributed by atoms with E-state index < -0.39 is 0 Å². The van der Waals surface area contributed by atoms with Crippen molar-refractivity contribution in [3.63, 3.8) is 0 Å². The Bertz CT molecular complexity index is 1100. The van der Waals surface area contributed by atoms with Crippen LogP contribution in [0.3, 0.4) is 0 Å². The summed E-state index contributed by atoms with van der Waals surface area (Å²) in [6.45, 7) is 10.9. The number of hydrogen-bond donors (Lipinski definition) is 3. The van der Waals surface area contributed by atoms with Gasteiger partial charge in [-0.2, -0.15) is 0 Å². The number of H-pyrrole nitrogens is 1. The molecule has 0 radical (unpaired) electrons. The molecule has 3 aromatic rings. The zero-order valence-electron chi connectivity index (χ0n) is 16.6. The lowest BCUT2D eigenvalue weighted by molar-refractivity contribution is 0.0940. The molecule has 6 heteroatoms. The predicted octanol–water partition coefficient (Wildman–Crippen LogP) is 4.32. The summed E-state index contributed by atoms with van der Waals surface area (Å²) in [4.78, 5) is 25.5. The van der Waals surface area contributed by atoms with Crippen molar-refractivity contribution < 1.29 is 4.79 Å². The topological polar surface area (TPSA) is 82.7 Å².